The van der Waals surface area contributed by atoms with Gasteiger partial charge < -0.3 is 4.74 Å². The molecule has 0 saturated carbocycles. The lowest BCUT2D eigenvalue weighted by Crippen LogP contribution is -2.43. The van der Waals surface area contributed by atoms with Crippen LogP contribution in [0.25, 0.3) is 11.1 Å². The van der Waals surface area contributed by atoms with Crippen molar-refractivity contribution in [3.63, 3.8) is 0 Å². The summed E-state index contributed by atoms with van der Waals surface area (Å²) in [6.45, 7) is 4.30. The molecule has 1 amide bonds. The minimum atomic E-state index is -0.361. The summed E-state index contributed by atoms with van der Waals surface area (Å²) in [6, 6.07) is 16.8. The number of nitrogens with zero attached hydrogens (tertiary/aromatic N) is 1. The second-order valence-electron chi connectivity index (χ2n) is 6.15. The zero-order valence-corrected chi connectivity index (χ0v) is 13.7. The van der Waals surface area contributed by atoms with Gasteiger partial charge in [-0.2, -0.15) is 0 Å². The highest BCUT2D eigenvalue weighted by molar-refractivity contribution is 5.79. The molecule has 3 rings (SSSR count). The average Bonchev–Trinajstić information content (AvgIpc) is 2.86. The molecule has 0 unspecified atom stereocenters. The number of hydrogen-bond donors (Lipinski definition) is 1. The maximum absolute atomic E-state index is 12.1. The first-order valence-corrected chi connectivity index (χ1v) is 7.93. The van der Waals surface area contributed by atoms with E-state index in [9.17, 15) is 4.79 Å². The predicted octanol–water partition coefficient (Wildman–Crippen LogP) is 3.78. The first-order valence-electron chi connectivity index (χ1n) is 7.93. The second kappa shape index (κ2) is 6.42. The quantitative estimate of drug-likeness (QED) is 0.874. The smallest absolute Gasteiger partial charge is 0.424 e. The van der Waals surface area contributed by atoms with Crippen molar-refractivity contribution in [3.05, 3.63) is 59.7 Å². The number of carbonyl (C=O) groups excluding carboxylic acids is 1. The number of hydrazine groups is 1. The molecule has 120 valence electrons. The molecule has 0 bridgehead atoms. The third kappa shape index (κ3) is 3.08. The number of ether oxygens (including phenoxy) is 1. The molecule has 0 saturated heterocycles. The Morgan fingerprint density at radius 1 is 1.09 bits per heavy atom. The number of fused-ring (bicyclic) bond motifs is 3. The van der Waals surface area contributed by atoms with Gasteiger partial charge in [-0.3, -0.25) is 0 Å². The fraction of sp³-hybridized carbons (Fsp3) is 0.316. The van der Waals surface area contributed by atoms with Crippen LogP contribution < -0.4 is 5.43 Å². The summed E-state index contributed by atoms with van der Waals surface area (Å²) >= 11 is 0. The van der Waals surface area contributed by atoms with Crippen molar-refractivity contribution in [3.8, 4) is 11.1 Å². The molecular formula is C19H22N2O2. The van der Waals surface area contributed by atoms with Crippen molar-refractivity contribution in [1.82, 2.24) is 10.4 Å². The molecule has 0 aromatic heterocycles. The van der Waals surface area contributed by atoms with Gasteiger partial charge in [-0.1, -0.05) is 48.5 Å². The Balaban J connectivity index is 1.77. The van der Waals surface area contributed by atoms with Gasteiger partial charge in [0.1, 0.15) is 6.61 Å². The fourth-order valence-electron chi connectivity index (χ4n) is 3.13. The fourth-order valence-corrected chi connectivity index (χ4v) is 3.13. The van der Waals surface area contributed by atoms with Crippen molar-refractivity contribution in [2.24, 2.45) is 0 Å². The number of carbonyl (C=O) groups is 1. The van der Waals surface area contributed by atoms with Crippen molar-refractivity contribution in [1.29, 1.82) is 0 Å². The monoisotopic (exact) mass is 310 g/mol. The van der Waals surface area contributed by atoms with E-state index in [1.807, 2.05) is 38.1 Å². The summed E-state index contributed by atoms with van der Waals surface area (Å²) in [7, 11) is 1.68. The number of nitrogens with one attached hydrogen (secondary N) is 1. The summed E-state index contributed by atoms with van der Waals surface area (Å²) in [4.78, 5) is 12.1. The SMILES string of the molecule is CC(C)NN(C)C(=O)OCC1c2ccccc2-c2ccccc21. The number of hydrogen-bond acceptors (Lipinski definition) is 3. The molecule has 0 aliphatic heterocycles. The maximum Gasteiger partial charge on any atom is 0.424 e. The van der Waals surface area contributed by atoms with Crippen LogP contribution in [0, 0.1) is 0 Å². The molecule has 0 heterocycles. The highest BCUT2D eigenvalue weighted by Crippen LogP contribution is 2.44. The van der Waals surface area contributed by atoms with E-state index in [2.05, 4.69) is 29.7 Å². The van der Waals surface area contributed by atoms with Gasteiger partial charge in [0.15, 0.2) is 0 Å². The molecule has 2 aromatic carbocycles. The van der Waals surface area contributed by atoms with E-state index in [0.717, 1.165) is 0 Å². The molecule has 0 spiro atoms. The largest absolute Gasteiger partial charge is 0.447 e. The van der Waals surface area contributed by atoms with Gasteiger partial charge in [0.2, 0.25) is 0 Å². The van der Waals surface area contributed by atoms with Crippen LogP contribution >= 0.6 is 0 Å². The number of benzene rings is 2. The summed E-state index contributed by atoms with van der Waals surface area (Å²) in [6.07, 6.45) is -0.361. The third-order valence-corrected chi connectivity index (χ3v) is 4.06. The summed E-state index contributed by atoms with van der Waals surface area (Å²) in [5, 5.41) is 1.40. The van der Waals surface area contributed by atoms with E-state index in [-0.39, 0.29) is 18.1 Å². The Morgan fingerprint density at radius 3 is 2.13 bits per heavy atom. The number of rotatable bonds is 4. The van der Waals surface area contributed by atoms with Gasteiger partial charge in [0, 0.05) is 19.0 Å². The summed E-state index contributed by atoms with van der Waals surface area (Å²) < 4.78 is 5.53. The van der Waals surface area contributed by atoms with E-state index < -0.39 is 0 Å². The highest BCUT2D eigenvalue weighted by Gasteiger charge is 2.29. The first-order chi connectivity index (χ1) is 11.1. The third-order valence-electron chi connectivity index (χ3n) is 4.06. The Hall–Kier alpha value is -2.33. The Morgan fingerprint density at radius 2 is 1.61 bits per heavy atom. The molecule has 2 aromatic rings. The average molecular weight is 310 g/mol. The van der Waals surface area contributed by atoms with Crippen LogP contribution in [0.1, 0.15) is 30.9 Å². The molecule has 1 N–H and O–H groups in total. The lowest BCUT2D eigenvalue weighted by molar-refractivity contribution is 0.0871. The molecule has 4 nitrogen and oxygen atoms in total. The standard InChI is InChI=1S/C19H22N2O2/c1-13(2)20-21(3)19(22)23-12-18-16-10-6-4-8-14(16)15-9-5-7-11-17(15)18/h4-11,13,18,20H,12H2,1-3H3. The van der Waals surface area contributed by atoms with Crippen LogP contribution in [0.5, 0.6) is 0 Å². The molecule has 0 atom stereocenters. The van der Waals surface area contributed by atoms with E-state index in [1.165, 1.54) is 27.3 Å². The summed E-state index contributed by atoms with van der Waals surface area (Å²) in [5.41, 5.74) is 7.93. The van der Waals surface area contributed by atoms with E-state index >= 15 is 0 Å². The van der Waals surface area contributed by atoms with E-state index in [1.54, 1.807) is 7.05 Å². The zero-order valence-electron chi connectivity index (χ0n) is 13.7. The second-order valence-corrected chi connectivity index (χ2v) is 6.15. The van der Waals surface area contributed by atoms with Crippen molar-refractivity contribution in [2.45, 2.75) is 25.8 Å². The molecule has 0 radical (unpaired) electrons. The predicted molar refractivity (Wildman–Crippen MR) is 91.1 cm³/mol. The molecule has 4 heteroatoms. The van der Waals surface area contributed by atoms with Crippen LogP contribution in [0.3, 0.4) is 0 Å². The highest BCUT2D eigenvalue weighted by atomic mass is 16.6. The molecular weight excluding hydrogens is 288 g/mol. The van der Waals surface area contributed by atoms with Gasteiger partial charge >= 0.3 is 6.09 Å². The first kappa shape index (κ1) is 15.6. The Kier molecular flexibility index (Phi) is 4.35. The van der Waals surface area contributed by atoms with Gasteiger partial charge in [-0.15, -0.1) is 0 Å². The van der Waals surface area contributed by atoms with Crippen molar-refractivity contribution >= 4 is 6.09 Å². The van der Waals surface area contributed by atoms with Crippen LogP contribution in [-0.4, -0.2) is 30.8 Å². The van der Waals surface area contributed by atoms with Gasteiger partial charge in [0.05, 0.1) is 0 Å². The molecule has 0 fully saturated rings. The topological polar surface area (TPSA) is 41.6 Å². The minimum absolute atomic E-state index is 0.0961. The minimum Gasteiger partial charge on any atom is -0.447 e. The lowest BCUT2D eigenvalue weighted by Gasteiger charge is -2.22. The molecule has 1 aliphatic rings. The molecule has 23 heavy (non-hydrogen) atoms. The Bertz CT molecular complexity index is 667. The van der Waals surface area contributed by atoms with Gasteiger partial charge in [-0.25, -0.2) is 15.2 Å². The van der Waals surface area contributed by atoms with Crippen LogP contribution in [-0.2, 0) is 4.74 Å². The zero-order chi connectivity index (χ0) is 16.4. The maximum atomic E-state index is 12.1. The van der Waals surface area contributed by atoms with E-state index in [4.69, 9.17) is 4.74 Å². The van der Waals surface area contributed by atoms with Crippen molar-refractivity contribution < 1.29 is 9.53 Å². The van der Waals surface area contributed by atoms with Gasteiger partial charge in [0.25, 0.3) is 0 Å². The van der Waals surface area contributed by atoms with Crippen LogP contribution in [0.4, 0.5) is 4.79 Å². The van der Waals surface area contributed by atoms with Crippen LogP contribution in [0.15, 0.2) is 48.5 Å². The normalized spacial score (nSPS) is 12.9. The van der Waals surface area contributed by atoms with Crippen molar-refractivity contribution in [2.75, 3.05) is 13.7 Å². The van der Waals surface area contributed by atoms with Crippen LogP contribution in [0.2, 0.25) is 0 Å². The lowest BCUT2D eigenvalue weighted by atomic mass is 9.98. The Labute approximate surface area is 137 Å². The number of amides is 1. The van der Waals surface area contributed by atoms with Gasteiger partial charge in [-0.05, 0) is 36.1 Å². The molecule has 1 aliphatic carbocycles. The summed E-state index contributed by atoms with van der Waals surface area (Å²) in [5.74, 6) is 0.0961. The van der Waals surface area contributed by atoms with E-state index in [0.29, 0.717) is 6.61 Å².